The lowest BCUT2D eigenvalue weighted by atomic mass is 9.76. The largest absolute Gasteiger partial charge is 0.456 e. The molecule has 0 bridgehead atoms. The van der Waals surface area contributed by atoms with Crippen LogP contribution in [0.3, 0.4) is 0 Å². The quantitative estimate of drug-likeness (QED) is 0.0602. The Morgan fingerprint density at radius 2 is 1.06 bits per heavy atom. The van der Waals surface area contributed by atoms with Gasteiger partial charge in [0.05, 0.1) is 11.6 Å². The maximum Gasteiger partial charge on any atom is 0.325 e. The molecule has 8 nitrogen and oxygen atoms in total. The first-order valence-electron chi connectivity index (χ1n) is 17.6. The molecule has 2 atom stereocenters. The summed E-state index contributed by atoms with van der Waals surface area (Å²) >= 11 is 0. The van der Waals surface area contributed by atoms with Gasteiger partial charge in [-0.25, -0.2) is 0 Å². The molecule has 0 fully saturated rings. The molecule has 0 aliphatic heterocycles. The van der Waals surface area contributed by atoms with Gasteiger partial charge in [0.1, 0.15) is 12.6 Å². The molecule has 5 rings (SSSR count). The third kappa shape index (κ3) is 9.89. The van der Waals surface area contributed by atoms with E-state index in [0.29, 0.717) is 18.4 Å². The zero-order chi connectivity index (χ0) is 36.8. The number of carbonyl (C=O) groups is 4. The number of rotatable bonds is 17. The normalized spacial score (nSPS) is 12.4. The fourth-order valence-corrected chi connectivity index (χ4v) is 6.30. The van der Waals surface area contributed by atoms with Gasteiger partial charge in [0.2, 0.25) is 11.8 Å². The van der Waals surface area contributed by atoms with Gasteiger partial charge in [-0.15, -0.1) is 0 Å². The molecule has 5 aromatic rings. The van der Waals surface area contributed by atoms with Crippen molar-refractivity contribution >= 4 is 23.6 Å². The average molecular weight is 696 g/mol. The minimum Gasteiger partial charge on any atom is -0.456 e. The lowest BCUT2D eigenvalue weighted by molar-refractivity contribution is -0.143. The fraction of sp³-hybridized carbons (Fsp3) is 0.227. The van der Waals surface area contributed by atoms with Gasteiger partial charge in [-0.1, -0.05) is 166 Å². The second-order valence-corrected chi connectivity index (χ2v) is 13.1. The van der Waals surface area contributed by atoms with E-state index in [1.165, 1.54) is 0 Å². The summed E-state index contributed by atoms with van der Waals surface area (Å²) in [6, 6.07) is 46.6. The van der Waals surface area contributed by atoms with E-state index in [0.717, 1.165) is 22.3 Å². The first-order chi connectivity index (χ1) is 25.3. The van der Waals surface area contributed by atoms with Crippen molar-refractivity contribution in [2.24, 2.45) is 5.92 Å². The Labute approximate surface area is 305 Å². The van der Waals surface area contributed by atoms with Crippen LogP contribution in [-0.4, -0.2) is 48.8 Å². The van der Waals surface area contributed by atoms with Crippen molar-refractivity contribution in [2.45, 2.75) is 44.3 Å². The van der Waals surface area contributed by atoms with Gasteiger partial charge >= 0.3 is 5.97 Å². The molecule has 266 valence electrons. The van der Waals surface area contributed by atoms with E-state index in [2.05, 4.69) is 16.0 Å². The van der Waals surface area contributed by atoms with Crippen molar-refractivity contribution < 1.29 is 23.9 Å². The molecule has 8 heteroatoms. The number of nitrogens with one attached hydrogen (secondary N) is 3. The zero-order valence-electron chi connectivity index (χ0n) is 29.5. The molecule has 0 heterocycles. The number of amides is 2. The van der Waals surface area contributed by atoms with Crippen LogP contribution in [0.5, 0.6) is 0 Å². The third-order valence-corrected chi connectivity index (χ3v) is 8.82. The summed E-state index contributed by atoms with van der Waals surface area (Å²) < 4.78 is 5.14. The molecule has 2 amide bonds. The van der Waals surface area contributed by atoms with E-state index in [1.54, 1.807) is 30.3 Å². The maximum absolute atomic E-state index is 14.6. The topological polar surface area (TPSA) is 114 Å². The van der Waals surface area contributed by atoms with E-state index in [-0.39, 0.29) is 17.6 Å². The second-order valence-electron chi connectivity index (χ2n) is 13.1. The number of hydrogen-bond donors (Lipinski definition) is 3. The smallest absolute Gasteiger partial charge is 0.325 e. The summed E-state index contributed by atoms with van der Waals surface area (Å²) in [6.45, 7) is 3.03. The van der Waals surface area contributed by atoms with Crippen LogP contribution in [0.25, 0.3) is 0 Å². The minimum absolute atomic E-state index is 0.0454. The Balaban J connectivity index is 1.41. The number of benzene rings is 5. The molecular weight excluding hydrogens is 651 g/mol. The highest BCUT2D eigenvalue weighted by Crippen LogP contribution is 2.37. The monoisotopic (exact) mass is 695 g/mol. The third-order valence-electron chi connectivity index (χ3n) is 8.82. The van der Waals surface area contributed by atoms with Crippen LogP contribution in [0, 0.1) is 5.92 Å². The van der Waals surface area contributed by atoms with Gasteiger partial charge in [0.25, 0.3) is 0 Å². The van der Waals surface area contributed by atoms with Gasteiger partial charge in [-0.2, -0.15) is 0 Å². The lowest BCUT2D eigenvalue weighted by Crippen LogP contribution is -2.59. The number of ether oxygens (including phenoxy) is 1. The van der Waals surface area contributed by atoms with Crippen LogP contribution < -0.4 is 16.0 Å². The Hall–Kier alpha value is -5.86. The van der Waals surface area contributed by atoms with E-state index in [9.17, 15) is 19.2 Å². The van der Waals surface area contributed by atoms with E-state index >= 15 is 0 Å². The van der Waals surface area contributed by atoms with Crippen molar-refractivity contribution in [1.29, 1.82) is 0 Å². The molecule has 0 aromatic heterocycles. The van der Waals surface area contributed by atoms with Crippen molar-refractivity contribution in [3.05, 3.63) is 179 Å². The Kier molecular flexibility index (Phi) is 13.2. The number of carbonyl (C=O) groups excluding carboxylic acids is 4. The highest BCUT2D eigenvalue weighted by atomic mass is 16.5. The molecule has 2 unspecified atom stereocenters. The summed E-state index contributed by atoms with van der Waals surface area (Å²) in [5.74, 6) is -1.95. The second kappa shape index (κ2) is 18.4. The SMILES string of the molecule is CC(C)CC(NC(=O)C(Cc1ccccc1)NC(c1ccccc1)(c1ccccc1)c1ccccc1)C(=O)NCC(=O)OCC(=O)c1ccccc1. The van der Waals surface area contributed by atoms with E-state index < -0.39 is 42.7 Å². The predicted octanol–water partition coefficient (Wildman–Crippen LogP) is 6.25. The summed E-state index contributed by atoms with van der Waals surface area (Å²) in [5, 5.41) is 9.44. The van der Waals surface area contributed by atoms with Crippen LogP contribution in [0.2, 0.25) is 0 Å². The highest BCUT2D eigenvalue weighted by Gasteiger charge is 2.40. The molecule has 0 saturated heterocycles. The lowest BCUT2D eigenvalue weighted by Gasteiger charge is -2.40. The van der Waals surface area contributed by atoms with Crippen LogP contribution >= 0.6 is 0 Å². The molecule has 5 aromatic carbocycles. The van der Waals surface area contributed by atoms with E-state index in [4.69, 9.17) is 4.74 Å². The van der Waals surface area contributed by atoms with Crippen molar-refractivity contribution in [3.8, 4) is 0 Å². The predicted molar refractivity (Wildman–Crippen MR) is 202 cm³/mol. The summed E-state index contributed by atoms with van der Waals surface area (Å²) in [6.07, 6.45) is 0.664. The minimum atomic E-state index is -0.947. The Morgan fingerprint density at radius 1 is 0.596 bits per heavy atom. The van der Waals surface area contributed by atoms with Gasteiger partial charge in [0.15, 0.2) is 12.4 Å². The van der Waals surface area contributed by atoms with Gasteiger partial charge in [-0.05, 0) is 41.0 Å². The zero-order valence-corrected chi connectivity index (χ0v) is 29.5. The first-order valence-corrected chi connectivity index (χ1v) is 17.6. The van der Waals surface area contributed by atoms with Crippen molar-refractivity contribution in [1.82, 2.24) is 16.0 Å². The molecule has 0 aliphatic rings. The molecule has 0 saturated carbocycles. The van der Waals surface area contributed by atoms with Crippen molar-refractivity contribution in [2.75, 3.05) is 13.2 Å². The number of Topliss-reactive ketones (excluding diaryl/α,β-unsaturated/α-hetero) is 1. The van der Waals surface area contributed by atoms with Crippen LogP contribution in [-0.2, 0) is 31.1 Å². The first kappa shape index (κ1) is 37.4. The Bertz CT molecular complexity index is 1790. The van der Waals surface area contributed by atoms with Crippen LogP contribution in [0.1, 0.15) is 52.9 Å². The van der Waals surface area contributed by atoms with E-state index in [1.807, 2.05) is 135 Å². The van der Waals surface area contributed by atoms with Gasteiger partial charge in [-0.3, -0.25) is 24.5 Å². The molecule has 0 aliphatic carbocycles. The van der Waals surface area contributed by atoms with Crippen molar-refractivity contribution in [3.63, 3.8) is 0 Å². The summed E-state index contributed by atoms with van der Waals surface area (Å²) in [4.78, 5) is 53.1. The van der Waals surface area contributed by atoms with Gasteiger partial charge in [0, 0.05) is 5.56 Å². The average Bonchev–Trinajstić information content (AvgIpc) is 3.19. The number of hydrogen-bond acceptors (Lipinski definition) is 6. The maximum atomic E-state index is 14.6. The van der Waals surface area contributed by atoms with Crippen LogP contribution in [0.15, 0.2) is 152 Å². The Morgan fingerprint density at radius 3 is 1.54 bits per heavy atom. The standard InChI is InChI=1S/C44H45N3O5/c1-32(2)28-38(42(50)45-30-41(49)52-31-40(48)34-20-10-4-11-21-34)46-43(51)39(29-33-18-8-3-9-19-33)47-44(35-22-12-5-13-23-35,36-24-14-6-15-25-36)37-26-16-7-17-27-37/h3-27,32,38-39,47H,28-31H2,1-2H3,(H,45,50)(H,46,51). The molecule has 0 radical (unpaired) electrons. The fourth-order valence-electron chi connectivity index (χ4n) is 6.30. The number of ketones is 1. The van der Waals surface area contributed by atoms with Crippen LogP contribution in [0.4, 0.5) is 0 Å². The highest BCUT2D eigenvalue weighted by molar-refractivity contribution is 5.98. The number of esters is 1. The van der Waals surface area contributed by atoms with Gasteiger partial charge < -0.3 is 15.4 Å². The molecule has 3 N–H and O–H groups in total. The molecule has 0 spiro atoms. The molecule has 52 heavy (non-hydrogen) atoms. The summed E-state index contributed by atoms with van der Waals surface area (Å²) in [7, 11) is 0. The molecular formula is C44H45N3O5. The summed E-state index contributed by atoms with van der Waals surface area (Å²) in [5.41, 5.74) is 3.25.